The summed E-state index contributed by atoms with van der Waals surface area (Å²) in [6.07, 6.45) is 8.75. The second kappa shape index (κ2) is 7.10. The Balaban J connectivity index is 1.49. The molecule has 1 saturated carbocycles. The Morgan fingerprint density at radius 2 is 1.81 bits per heavy atom. The van der Waals surface area contributed by atoms with E-state index in [1.807, 2.05) is 12.1 Å². The Bertz CT molecular complexity index is 556. The zero-order valence-corrected chi connectivity index (χ0v) is 13.0. The van der Waals surface area contributed by atoms with Gasteiger partial charge in [-0.1, -0.05) is 43.0 Å². The first-order valence-corrected chi connectivity index (χ1v) is 8.18. The lowest BCUT2D eigenvalue weighted by Gasteiger charge is -2.21. The van der Waals surface area contributed by atoms with Gasteiger partial charge in [-0.2, -0.15) is 5.10 Å². The number of rotatable bonds is 5. The van der Waals surface area contributed by atoms with Crippen molar-refractivity contribution in [2.24, 2.45) is 0 Å². The van der Waals surface area contributed by atoms with Crippen LogP contribution in [0.3, 0.4) is 0 Å². The van der Waals surface area contributed by atoms with E-state index in [0.29, 0.717) is 6.04 Å². The zero-order valence-electron chi connectivity index (χ0n) is 12.3. The third-order valence-corrected chi connectivity index (χ3v) is 4.41. The first-order valence-electron chi connectivity index (χ1n) is 7.80. The molecule has 4 heteroatoms. The molecule has 0 radical (unpaired) electrons. The SMILES string of the molecule is Clc1ccc(CNCc2ccn(C3CCCCC3)n2)cc1. The maximum absolute atomic E-state index is 5.88. The van der Waals surface area contributed by atoms with Gasteiger partial charge in [0.15, 0.2) is 0 Å². The molecule has 1 fully saturated rings. The second-order valence-corrected chi connectivity index (χ2v) is 6.25. The van der Waals surface area contributed by atoms with Crippen LogP contribution >= 0.6 is 11.6 Å². The normalized spacial score (nSPS) is 16.2. The average Bonchev–Trinajstić information content (AvgIpc) is 2.99. The first-order chi connectivity index (χ1) is 10.3. The van der Waals surface area contributed by atoms with Crippen molar-refractivity contribution in [1.29, 1.82) is 0 Å². The molecule has 0 aliphatic heterocycles. The minimum Gasteiger partial charge on any atom is -0.307 e. The lowest BCUT2D eigenvalue weighted by Crippen LogP contribution is -2.16. The number of nitrogens with zero attached hydrogens (tertiary/aromatic N) is 2. The molecule has 0 unspecified atom stereocenters. The van der Waals surface area contributed by atoms with E-state index in [1.54, 1.807) is 0 Å². The van der Waals surface area contributed by atoms with Crippen LogP contribution in [0.4, 0.5) is 0 Å². The van der Waals surface area contributed by atoms with Crippen molar-refractivity contribution in [3.05, 3.63) is 52.8 Å². The third-order valence-electron chi connectivity index (χ3n) is 4.16. The van der Waals surface area contributed by atoms with Crippen molar-refractivity contribution in [2.45, 2.75) is 51.2 Å². The summed E-state index contributed by atoms with van der Waals surface area (Å²) in [5.74, 6) is 0. The summed E-state index contributed by atoms with van der Waals surface area (Å²) in [7, 11) is 0. The molecule has 3 nitrogen and oxygen atoms in total. The molecule has 21 heavy (non-hydrogen) atoms. The van der Waals surface area contributed by atoms with E-state index in [9.17, 15) is 0 Å². The highest BCUT2D eigenvalue weighted by atomic mass is 35.5. The summed E-state index contributed by atoms with van der Waals surface area (Å²) in [4.78, 5) is 0. The molecule has 0 atom stereocenters. The Labute approximate surface area is 131 Å². The lowest BCUT2D eigenvalue weighted by molar-refractivity contribution is 0.327. The van der Waals surface area contributed by atoms with Crippen molar-refractivity contribution in [3.63, 3.8) is 0 Å². The van der Waals surface area contributed by atoms with Crippen LogP contribution in [-0.2, 0) is 13.1 Å². The number of hydrogen-bond donors (Lipinski definition) is 1. The predicted octanol–water partition coefficient (Wildman–Crippen LogP) is 4.33. The smallest absolute Gasteiger partial charge is 0.0762 e. The first kappa shape index (κ1) is 14.6. The molecule has 1 aliphatic rings. The fourth-order valence-electron chi connectivity index (χ4n) is 2.96. The summed E-state index contributed by atoms with van der Waals surface area (Å²) >= 11 is 5.88. The van der Waals surface area contributed by atoms with Crippen LogP contribution < -0.4 is 5.32 Å². The molecule has 0 bridgehead atoms. The quantitative estimate of drug-likeness (QED) is 0.891. The van der Waals surface area contributed by atoms with E-state index < -0.39 is 0 Å². The lowest BCUT2D eigenvalue weighted by atomic mass is 9.96. The van der Waals surface area contributed by atoms with Gasteiger partial charge in [-0.3, -0.25) is 4.68 Å². The van der Waals surface area contributed by atoms with Crippen LogP contribution in [0, 0.1) is 0 Å². The van der Waals surface area contributed by atoms with E-state index in [-0.39, 0.29) is 0 Å². The van der Waals surface area contributed by atoms with Crippen molar-refractivity contribution >= 4 is 11.6 Å². The molecule has 0 amide bonds. The Kier molecular flexibility index (Phi) is 4.94. The highest BCUT2D eigenvalue weighted by molar-refractivity contribution is 6.30. The topological polar surface area (TPSA) is 29.9 Å². The van der Waals surface area contributed by atoms with Gasteiger partial charge in [-0.05, 0) is 36.6 Å². The monoisotopic (exact) mass is 303 g/mol. The highest BCUT2D eigenvalue weighted by Gasteiger charge is 2.15. The molecule has 1 aromatic carbocycles. The van der Waals surface area contributed by atoms with E-state index in [2.05, 4.69) is 34.4 Å². The van der Waals surface area contributed by atoms with Gasteiger partial charge in [0.25, 0.3) is 0 Å². The van der Waals surface area contributed by atoms with Crippen molar-refractivity contribution in [1.82, 2.24) is 15.1 Å². The number of nitrogens with one attached hydrogen (secondary N) is 1. The Morgan fingerprint density at radius 1 is 1.05 bits per heavy atom. The fraction of sp³-hybridized carbons (Fsp3) is 0.471. The summed E-state index contributed by atoms with van der Waals surface area (Å²) in [5.41, 5.74) is 2.36. The molecule has 3 rings (SSSR count). The van der Waals surface area contributed by atoms with Gasteiger partial charge in [-0.15, -0.1) is 0 Å². The minimum atomic E-state index is 0.615. The molecule has 1 heterocycles. The van der Waals surface area contributed by atoms with Gasteiger partial charge in [-0.25, -0.2) is 0 Å². The summed E-state index contributed by atoms with van der Waals surface area (Å²) < 4.78 is 2.17. The van der Waals surface area contributed by atoms with Gasteiger partial charge in [0.05, 0.1) is 11.7 Å². The molecule has 0 saturated heterocycles. The third kappa shape index (κ3) is 4.08. The summed E-state index contributed by atoms with van der Waals surface area (Å²) in [5, 5.41) is 8.93. The molecule has 0 spiro atoms. The molecule has 1 aliphatic carbocycles. The Morgan fingerprint density at radius 3 is 2.57 bits per heavy atom. The molecule has 1 aromatic heterocycles. The fourth-order valence-corrected chi connectivity index (χ4v) is 3.08. The number of aromatic nitrogens is 2. The average molecular weight is 304 g/mol. The van der Waals surface area contributed by atoms with Crippen molar-refractivity contribution in [2.75, 3.05) is 0 Å². The van der Waals surface area contributed by atoms with Crippen LogP contribution in [0.25, 0.3) is 0 Å². The molecule has 1 N–H and O–H groups in total. The van der Waals surface area contributed by atoms with E-state index in [4.69, 9.17) is 16.7 Å². The van der Waals surface area contributed by atoms with Gasteiger partial charge in [0.1, 0.15) is 0 Å². The molecular weight excluding hydrogens is 282 g/mol. The Hall–Kier alpha value is -1.32. The highest BCUT2D eigenvalue weighted by Crippen LogP contribution is 2.27. The van der Waals surface area contributed by atoms with E-state index in [1.165, 1.54) is 37.7 Å². The molecule has 112 valence electrons. The van der Waals surface area contributed by atoms with Gasteiger partial charge in [0, 0.05) is 24.3 Å². The van der Waals surface area contributed by atoms with Crippen molar-refractivity contribution < 1.29 is 0 Å². The molecular formula is C17H22ClN3. The van der Waals surface area contributed by atoms with Crippen LogP contribution in [0.5, 0.6) is 0 Å². The van der Waals surface area contributed by atoms with E-state index in [0.717, 1.165) is 23.8 Å². The summed E-state index contributed by atoms with van der Waals surface area (Å²) in [6, 6.07) is 10.7. The number of benzene rings is 1. The predicted molar refractivity (Wildman–Crippen MR) is 86.3 cm³/mol. The van der Waals surface area contributed by atoms with Crippen LogP contribution in [0.2, 0.25) is 5.02 Å². The standard InChI is InChI=1S/C17H22ClN3/c18-15-8-6-14(7-9-15)12-19-13-16-10-11-21(20-16)17-4-2-1-3-5-17/h6-11,17,19H,1-5,12-13H2. The minimum absolute atomic E-state index is 0.615. The molecule has 2 aromatic rings. The van der Waals surface area contributed by atoms with Crippen LogP contribution in [0.1, 0.15) is 49.4 Å². The maximum atomic E-state index is 5.88. The summed E-state index contributed by atoms with van der Waals surface area (Å²) in [6.45, 7) is 1.65. The number of hydrogen-bond acceptors (Lipinski definition) is 2. The van der Waals surface area contributed by atoms with Crippen molar-refractivity contribution in [3.8, 4) is 0 Å². The maximum Gasteiger partial charge on any atom is 0.0762 e. The number of halogens is 1. The van der Waals surface area contributed by atoms with Crippen LogP contribution in [0.15, 0.2) is 36.5 Å². The van der Waals surface area contributed by atoms with Crippen LogP contribution in [-0.4, -0.2) is 9.78 Å². The van der Waals surface area contributed by atoms with E-state index >= 15 is 0 Å². The largest absolute Gasteiger partial charge is 0.307 e. The second-order valence-electron chi connectivity index (χ2n) is 5.81. The van der Waals surface area contributed by atoms with Gasteiger partial charge in [0.2, 0.25) is 0 Å². The van der Waals surface area contributed by atoms with Gasteiger partial charge >= 0.3 is 0 Å². The zero-order chi connectivity index (χ0) is 14.5. The van der Waals surface area contributed by atoms with Gasteiger partial charge < -0.3 is 5.32 Å².